The van der Waals surface area contributed by atoms with Crippen molar-refractivity contribution in [3.63, 3.8) is 0 Å². The number of para-hydroxylation sites is 1. The van der Waals surface area contributed by atoms with Crippen LogP contribution in [-0.4, -0.2) is 30.3 Å². The maximum Gasteiger partial charge on any atom is 0.246 e. The maximum absolute atomic E-state index is 12.0. The van der Waals surface area contributed by atoms with Crippen LogP contribution in [0.1, 0.15) is 19.4 Å². The van der Waals surface area contributed by atoms with Gasteiger partial charge in [0.15, 0.2) is 0 Å². The van der Waals surface area contributed by atoms with Crippen molar-refractivity contribution in [2.75, 3.05) is 18.9 Å². The molecule has 21 heavy (non-hydrogen) atoms. The van der Waals surface area contributed by atoms with E-state index in [1.807, 2.05) is 44.2 Å². The first-order valence-corrected chi connectivity index (χ1v) is 7.00. The Morgan fingerprint density at radius 3 is 2.62 bits per heavy atom. The van der Waals surface area contributed by atoms with Gasteiger partial charge in [-0.2, -0.15) is 0 Å². The first-order chi connectivity index (χ1) is 10.1. The second-order valence-corrected chi connectivity index (χ2v) is 4.64. The second kappa shape index (κ2) is 8.74. The molecule has 4 heteroatoms. The number of aryl methyl sites for hydroxylation is 1. The zero-order valence-corrected chi connectivity index (χ0v) is 12.8. The van der Waals surface area contributed by atoms with Gasteiger partial charge in [-0.15, -0.1) is 0 Å². The lowest BCUT2D eigenvalue weighted by Gasteiger charge is -2.16. The van der Waals surface area contributed by atoms with Crippen molar-refractivity contribution < 1.29 is 9.59 Å². The van der Waals surface area contributed by atoms with Crippen LogP contribution >= 0.6 is 0 Å². The molecule has 0 atom stereocenters. The van der Waals surface area contributed by atoms with Gasteiger partial charge < -0.3 is 10.2 Å². The number of nitrogens with zero attached hydrogens (tertiary/aromatic N) is 1. The predicted octanol–water partition coefficient (Wildman–Crippen LogP) is 2.78. The molecule has 0 heterocycles. The van der Waals surface area contributed by atoms with Crippen molar-refractivity contribution in [3.8, 4) is 0 Å². The van der Waals surface area contributed by atoms with Gasteiger partial charge in [0.05, 0.1) is 6.54 Å². The maximum atomic E-state index is 12.0. The molecule has 1 aromatic carbocycles. The fourth-order valence-corrected chi connectivity index (χ4v) is 1.81. The van der Waals surface area contributed by atoms with E-state index in [0.717, 1.165) is 17.7 Å². The van der Waals surface area contributed by atoms with E-state index in [1.54, 1.807) is 19.2 Å². The summed E-state index contributed by atoms with van der Waals surface area (Å²) in [6.45, 7) is 3.93. The topological polar surface area (TPSA) is 49.4 Å². The second-order valence-electron chi connectivity index (χ2n) is 4.64. The van der Waals surface area contributed by atoms with Gasteiger partial charge in [-0.1, -0.05) is 43.4 Å². The third kappa shape index (κ3) is 5.65. The molecular weight excluding hydrogens is 264 g/mol. The van der Waals surface area contributed by atoms with Crippen molar-refractivity contribution in [3.05, 3.63) is 54.1 Å². The molecule has 0 saturated heterocycles. The molecule has 0 bridgehead atoms. The van der Waals surface area contributed by atoms with E-state index in [4.69, 9.17) is 0 Å². The smallest absolute Gasteiger partial charge is 0.246 e. The van der Waals surface area contributed by atoms with Crippen LogP contribution in [0, 0.1) is 0 Å². The molecule has 112 valence electrons. The Labute approximate surface area is 126 Å². The highest BCUT2D eigenvalue weighted by molar-refractivity contribution is 5.97. The lowest BCUT2D eigenvalue weighted by Crippen LogP contribution is -2.34. The fraction of sp³-hybridized carbons (Fsp3) is 0.294. The van der Waals surface area contributed by atoms with Crippen molar-refractivity contribution in [2.24, 2.45) is 0 Å². The lowest BCUT2D eigenvalue weighted by atomic mass is 10.1. The molecule has 1 N–H and O–H groups in total. The van der Waals surface area contributed by atoms with Crippen LogP contribution in [0.4, 0.5) is 5.69 Å². The lowest BCUT2D eigenvalue weighted by molar-refractivity contribution is -0.129. The standard InChI is InChI=1S/C17H22N2O2/c1-4-6-7-12-17(21)19(3)13-16(20)18-15-11-9-8-10-14(15)5-2/h4,6-12H,5,13H2,1-3H3,(H,18,20)/b6-4?,12-7+. The van der Waals surface area contributed by atoms with Crippen LogP contribution in [0.2, 0.25) is 0 Å². The molecule has 0 aliphatic rings. The third-order valence-corrected chi connectivity index (χ3v) is 2.97. The molecule has 0 aliphatic heterocycles. The molecule has 0 spiro atoms. The molecule has 2 amide bonds. The summed E-state index contributed by atoms with van der Waals surface area (Å²) in [6.07, 6.45) is 7.54. The fourth-order valence-electron chi connectivity index (χ4n) is 1.81. The molecule has 1 rings (SSSR count). The van der Waals surface area contributed by atoms with Crippen LogP contribution in [0.15, 0.2) is 48.6 Å². The summed E-state index contributed by atoms with van der Waals surface area (Å²) in [5, 5.41) is 2.84. The number of hydrogen-bond acceptors (Lipinski definition) is 2. The largest absolute Gasteiger partial charge is 0.333 e. The molecular formula is C17H22N2O2. The molecule has 1 aromatic rings. The summed E-state index contributed by atoms with van der Waals surface area (Å²) >= 11 is 0. The van der Waals surface area contributed by atoms with E-state index in [2.05, 4.69) is 5.32 Å². The monoisotopic (exact) mass is 286 g/mol. The van der Waals surface area contributed by atoms with E-state index >= 15 is 0 Å². The van der Waals surface area contributed by atoms with Crippen molar-refractivity contribution in [2.45, 2.75) is 20.3 Å². The van der Waals surface area contributed by atoms with Gasteiger partial charge in [0, 0.05) is 18.8 Å². The number of anilines is 1. The van der Waals surface area contributed by atoms with Crippen LogP contribution in [0.5, 0.6) is 0 Å². The number of benzene rings is 1. The van der Waals surface area contributed by atoms with E-state index < -0.39 is 0 Å². The zero-order chi connectivity index (χ0) is 15.7. The summed E-state index contributed by atoms with van der Waals surface area (Å²) in [7, 11) is 1.60. The van der Waals surface area contributed by atoms with Gasteiger partial charge in [0.1, 0.15) is 0 Å². The average molecular weight is 286 g/mol. The Morgan fingerprint density at radius 1 is 1.24 bits per heavy atom. The highest BCUT2D eigenvalue weighted by atomic mass is 16.2. The normalized spacial score (nSPS) is 11.0. The number of hydrogen-bond donors (Lipinski definition) is 1. The van der Waals surface area contributed by atoms with Crippen molar-refractivity contribution >= 4 is 17.5 Å². The van der Waals surface area contributed by atoms with Gasteiger partial charge in [0.25, 0.3) is 0 Å². The van der Waals surface area contributed by atoms with Gasteiger partial charge in [-0.05, 0) is 25.0 Å². The van der Waals surface area contributed by atoms with Crippen molar-refractivity contribution in [1.82, 2.24) is 4.90 Å². The number of carbonyl (C=O) groups excluding carboxylic acids is 2. The quantitative estimate of drug-likeness (QED) is 0.646. The van der Waals surface area contributed by atoms with Crippen LogP contribution < -0.4 is 5.32 Å². The van der Waals surface area contributed by atoms with E-state index in [9.17, 15) is 9.59 Å². The number of nitrogens with one attached hydrogen (secondary N) is 1. The molecule has 0 aromatic heterocycles. The number of carbonyl (C=O) groups is 2. The van der Waals surface area contributed by atoms with Gasteiger partial charge in [0.2, 0.25) is 11.8 Å². The number of likely N-dealkylation sites (N-methyl/N-ethyl adjacent to an activating group) is 1. The minimum absolute atomic E-state index is 0.0249. The van der Waals surface area contributed by atoms with Gasteiger partial charge in [-0.3, -0.25) is 9.59 Å². The van der Waals surface area contributed by atoms with Crippen LogP contribution in [0.25, 0.3) is 0 Å². The Kier molecular flexibility index (Phi) is 6.95. The average Bonchev–Trinajstić information content (AvgIpc) is 2.47. The van der Waals surface area contributed by atoms with E-state index in [-0.39, 0.29) is 18.4 Å². The first-order valence-electron chi connectivity index (χ1n) is 7.00. The summed E-state index contributed by atoms with van der Waals surface area (Å²) in [5.41, 5.74) is 1.88. The number of amides is 2. The SMILES string of the molecule is CC=C/C=C/C(=O)N(C)CC(=O)Nc1ccccc1CC. The molecule has 4 nitrogen and oxygen atoms in total. The summed E-state index contributed by atoms with van der Waals surface area (Å²) in [4.78, 5) is 25.1. The number of rotatable bonds is 6. The van der Waals surface area contributed by atoms with Gasteiger partial charge >= 0.3 is 0 Å². The third-order valence-electron chi connectivity index (χ3n) is 2.97. The molecule has 0 saturated carbocycles. The highest BCUT2D eigenvalue weighted by Gasteiger charge is 2.11. The molecule has 0 aliphatic carbocycles. The summed E-state index contributed by atoms with van der Waals surface area (Å²) in [6, 6.07) is 7.66. The van der Waals surface area contributed by atoms with Crippen molar-refractivity contribution in [1.29, 1.82) is 0 Å². The van der Waals surface area contributed by atoms with Crippen LogP contribution in [-0.2, 0) is 16.0 Å². The minimum atomic E-state index is -0.203. The van der Waals surface area contributed by atoms with Gasteiger partial charge in [-0.25, -0.2) is 0 Å². The summed E-state index contributed by atoms with van der Waals surface area (Å²) < 4.78 is 0. The zero-order valence-electron chi connectivity index (χ0n) is 12.8. The van der Waals surface area contributed by atoms with Crippen LogP contribution in [0.3, 0.4) is 0 Å². The Bertz CT molecular complexity index is 547. The molecule has 0 radical (unpaired) electrons. The summed E-state index contributed by atoms with van der Waals surface area (Å²) in [5.74, 6) is -0.404. The first kappa shape index (κ1) is 16.7. The van der Waals surface area contributed by atoms with E-state index in [1.165, 1.54) is 11.0 Å². The minimum Gasteiger partial charge on any atom is -0.333 e. The van der Waals surface area contributed by atoms with E-state index in [0.29, 0.717) is 0 Å². The predicted molar refractivity (Wildman–Crippen MR) is 86.0 cm³/mol. The molecule has 0 unspecified atom stereocenters. The Balaban J connectivity index is 2.59. The Morgan fingerprint density at radius 2 is 1.95 bits per heavy atom. The highest BCUT2D eigenvalue weighted by Crippen LogP contribution is 2.15. The molecule has 0 fully saturated rings. The number of allylic oxidation sites excluding steroid dienone is 3. The Hall–Kier alpha value is -2.36.